The Hall–Kier alpha value is -2.87. The molecule has 1 aliphatic heterocycles. The highest BCUT2D eigenvalue weighted by Crippen LogP contribution is 2.29. The molecule has 1 saturated carbocycles. The molecular formula is C25H35N5O3. The number of esters is 1. The average Bonchev–Trinajstić information content (AvgIpc) is 3.44. The first-order chi connectivity index (χ1) is 15.9. The summed E-state index contributed by atoms with van der Waals surface area (Å²) in [6.07, 6.45) is 5.92. The van der Waals surface area contributed by atoms with Crippen LogP contribution in [-0.4, -0.2) is 70.4 Å². The molecule has 178 valence electrons. The Labute approximate surface area is 195 Å². The van der Waals surface area contributed by atoms with Crippen molar-refractivity contribution in [2.24, 2.45) is 12.8 Å². The molecule has 8 heteroatoms. The summed E-state index contributed by atoms with van der Waals surface area (Å²) in [6, 6.07) is 8.60. The monoisotopic (exact) mass is 453 g/mol. The summed E-state index contributed by atoms with van der Waals surface area (Å²) in [7, 11) is 2.04. The van der Waals surface area contributed by atoms with Gasteiger partial charge in [0.05, 0.1) is 19.7 Å². The minimum absolute atomic E-state index is 0.0722. The fourth-order valence-electron chi connectivity index (χ4n) is 4.96. The number of hydrogen-bond acceptors (Lipinski definition) is 5. The molecule has 0 spiro atoms. The quantitative estimate of drug-likeness (QED) is 0.327. The summed E-state index contributed by atoms with van der Waals surface area (Å²) < 4.78 is 7.26. The Bertz CT molecular complexity index is 1040. The van der Waals surface area contributed by atoms with E-state index in [9.17, 15) is 9.59 Å². The predicted octanol–water partition coefficient (Wildman–Crippen LogP) is 2.41. The van der Waals surface area contributed by atoms with E-state index in [0.29, 0.717) is 19.2 Å². The zero-order valence-corrected chi connectivity index (χ0v) is 19.7. The van der Waals surface area contributed by atoms with Crippen molar-refractivity contribution in [1.82, 2.24) is 14.4 Å². The zero-order valence-electron chi connectivity index (χ0n) is 19.7. The molecule has 3 N–H and O–H groups in total. The number of amides is 1. The molecule has 8 nitrogen and oxygen atoms in total. The number of nitrogens with zero attached hydrogens (tertiary/aromatic N) is 3. The second-order valence-electron chi connectivity index (χ2n) is 9.24. The van der Waals surface area contributed by atoms with Crippen LogP contribution >= 0.6 is 0 Å². The number of fused-ring (bicyclic) bond motifs is 1. The molecule has 33 heavy (non-hydrogen) atoms. The first-order valence-corrected chi connectivity index (χ1v) is 12.0. The largest absolute Gasteiger partial charge is 0.465 e. The Morgan fingerprint density at radius 2 is 2.00 bits per heavy atom. The van der Waals surface area contributed by atoms with Gasteiger partial charge in [0.1, 0.15) is 5.84 Å². The minimum atomic E-state index is -0.251. The van der Waals surface area contributed by atoms with Crippen molar-refractivity contribution in [3.05, 3.63) is 35.5 Å². The van der Waals surface area contributed by atoms with Crippen molar-refractivity contribution in [2.45, 2.75) is 57.5 Å². The highest BCUT2D eigenvalue weighted by Gasteiger charge is 2.35. The highest BCUT2D eigenvalue weighted by molar-refractivity contribution is 5.98. The SMILES string of the molecule is CCOC(=O)CN(CC(=O)N1CCC[C@H]1CCc1cc2ccc(C(=N)N)cc2n1C)C1CC1. The molecule has 1 saturated heterocycles. The maximum Gasteiger partial charge on any atom is 0.320 e. The number of carbonyl (C=O) groups excluding carboxylic acids is 2. The minimum Gasteiger partial charge on any atom is -0.465 e. The van der Waals surface area contributed by atoms with E-state index in [4.69, 9.17) is 15.9 Å². The van der Waals surface area contributed by atoms with E-state index in [1.165, 1.54) is 5.69 Å². The smallest absolute Gasteiger partial charge is 0.320 e. The van der Waals surface area contributed by atoms with Gasteiger partial charge in [-0.05, 0) is 63.0 Å². The number of hydrogen-bond donors (Lipinski definition) is 2. The number of aryl methyl sites for hydroxylation is 2. The van der Waals surface area contributed by atoms with E-state index in [1.54, 1.807) is 6.92 Å². The topological polar surface area (TPSA) is 105 Å². The van der Waals surface area contributed by atoms with Gasteiger partial charge in [-0.25, -0.2) is 0 Å². The summed E-state index contributed by atoms with van der Waals surface area (Å²) in [6.45, 7) is 3.45. The molecule has 0 bridgehead atoms. The summed E-state index contributed by atoms with van der Waals surface area (Å²) in [5.41, 5.74) is 8.66. The molecule has 4 rings (SSSR count). The number of benzene rings is 1. The lowest BCUT2D eigenvalue weighted by molar-refractivity contribution is -0.145. The first-order valence-electron chi connectivity index (χ1n) is 12.0. The van der Waals surface area contributed by atoms with Gasteiger partial charge in [-0.2, -0.15) is 0 Å². The maximum atomic E-state index is 13.2. The third-order valence-electron chi connectivity index (χ3n) is 6.93. The number of nitrogens with one attached hydrogen (secondary N) is 1. The number of rotatable bonds is 10. The van der Waals surface area contributed by atoms with Gasteiger partial charge in [0.15, 0.2) is 0 Å². The lowest BCUT2D eigenvalue weighted by Gasteiger charge is -2.28. The van der Waals surface area contributed by atoms with Crippen LogP contribution in [0.3, 0.4) is 0 Å². The molecule has 0 radical (unpaired) electrons. The van der Waals surface area contributed by atoms with Crippen molar-refractivity contribution in [3.63, 3.8) is 0 Å². The van der Waals surface area contributed by atoms with E-state index in [0.717, 1.165) is 61.5 Å². The van der Waals surface area contributed by atoms with E-state index >= 15 is 0 Å². The lowest BCUT2D eigenvalue weighted by atomic mass is 10.1. The molecule has 2 aliphatic rings. The molecule has 2 aromatic rings. The third-order valence-corrected chi connectivity index (χ3v) is 6.93. The number of nitrogens with two attached hydrogens (primary N) is 1. The molecule has 1 atom stereocenters. The number of amidine groups is 1. The van der Waals surface area contributed by atoms with Crippen LogP contribution in [0.25, 0.3) is 10.9 Å². The van der Waals surface area contributed by atoms with Crippen molar-refractivity contribution in [1.29, 1.82) is 5.41 Å². The summed E-state index contributed by atoms with van der Waals surface area (Å²) in [4.78, 5) is 29.1. The molecule has 1 aromatic carbocycles. The van der Waals surface area contributed by atoms with Gasteiger partial charge < -0.3 is 19.9 Å². The van der Waals surface area contributed by atoms with Crippen molar-refractivity contribution in [2.75, 3.05) is 26.2 Å². The Kier molecular flexibility index (Phi) is 7.02. The van der Waals surface area contributed by atoms with Gasteiger partial charge in [-0.1, -0.05) is 12.1 Å². The number of likely N-dealkylation sites (tertiary alicyclic amines) is 1. The number of aromatic nitrogens is 1. The Morgan fingerprint density at radius 1 is 1.21 bits per heavy atom. The average molecular weight is 454 g/mol. The number of carbonyl (C=O) groups is 2. The van der Waals surface area contributed by atoms with Gasteiger partial charge >= 0.3 is 5.97 Å². The number of nitrogen functional groups attached to an aromatic ring is 1. The van der Waals surface area contributed by atoms with Crippen LogP contribution in [0.15, 0.2) is 24.3 Å². The third kappa shape index (κ3) is 5.38. The molecule has 0 unspecified atom stereocenters. The van der Waals surface area contributed by atoms with Crippen LogP contribution in [-0.2, 0) is 27.8 Å². The Balaban J connectivity index is 1.38. The molecule has 2 heterocycles. The van der Waals surface area contributed by atoms with Crippen LogP contribution in [0.4, 0.5) is 0 Å². The maximum absolute atomic E-state index is 13.2. The molecule has 1 aromatic heterocycles. The highest BCUT2D eigenvalue weighted by atomic mass is 16.5. The predicted molar refractivity (Wildman–Crippen MR) is 128 cm³/mol. The van der Waals surface area contributed by atoms with Crippen LogP contribution < -0.4 is 5.73 Å². The van der Waals surface area contributed by atoms with Gasteiger partial charge in [-0.3, -0.25) is 19.9 Å². The first kappa shape index (κ1) is 23.3. The van der Waals surface area contributed by atoms with Gasteiger partial charge in [-0.15, -0.1) is 0 Å². The van der Waals surface area contributed by atoms with Crippen LogP contribution in [0.5, 0.6) is 0 Å². The molecule has 1 amide bonds. The summed E-state index contributed by atoms with van der Waals surface area (Å²) in [5, 5.41) is 8.82. The van der Waals surface area contributed by atoms with Crippen LogP contribution in [0.1, 0.15) is 50.3 Å². The Morgan fingerprint density at radius 3 is 2.70 bits per heavy atom. The molecule has 2 fully saturated rings. The zero-order chi connectivity index (χ0) is 23.5. The van der Waals surface area contributed by atoms with Crippen molar-refractivity contribution >= 4 is 28.6 Å². The standard InChI is InChI=1S/C25H35N5O3/c1-3-33-24(32)16-29(19-8-9-19)15-23(31)30-12-4-5-20(30)10-11-21-13-17-6-7-18(25(26)27)14-22(17)28(21)2/h6-7,13-14,19-20H,3-5,8-12,15-16H2,1-2H3,(H3,26,27)/t20-/m0/s1. The molecule has 1 aliphatic carbocycles. The van der Waals surface area contributed by atoms with Gasteiger partial charge in [0.25, 0.3) is 0 Å². The van der Waals surface area contributed by atoms with Crippen LogP contribution in [0.2, 0.25) is 0 Å². The van der Waals surface area contributed by atoms with Gasteiger partial charge in [0.2, 0.25) is 5.91 Å². The van der Waals surface area contributed by atoms with Crippen molar-refractivity contribution < 1.29 is 14.3 Å². The van der Waals surface area contributed by atoms with E-state index in [2.05, 4.69) is 10.6 Å². The van der Waals surface area contributed by atoms with Gasteiger partial charge in [0, 0.05) is 42.5 Å². The normalized spacial score (nSPS) is 18.3. The van der Waals surface area contributed by atoms with E-state index < -0.39 is 0 Å². The summed E-state index contributed by atoms with van der Waals surface area (Å²) >= 11 is 0. The van der Waals surface area contributed by atoms with Crippen LogP contribution in [0, 0.1) is 5.41 Å². The summed E-state index contributed by atoms with van der Waals surface area (Å²) in [5.74, 6) is -0.0568. The lowest BCUT2D eigenvalue weighted by Crippen LogP contribution is -2.45. The van der Waals surface area contributed by atoms with E-state index in [-0.39, 0.29) is 30.3 Å². The second-order valence-corrected chi connectivity index (χ2v) is 9.24. The fourth-order valence-corrected chi connectivity index (χ4v) is 4.96. The van der Waals surface area contributed by atoms with Crippen molar-refractivity contribution in [3.8, 4) is 0 Å². The molecular weight excluding hydrogens is 418 g/mol. The second kappa shape index (κ2) is 9.95. The number of ether oxygens (including phenoxy) is 1. The fraction of sp³-hybridized carbons (Fsp3) is 0.560. The van der Waals surface area contributed by atoms with E-state index in [1.807, 2.05) is 35.0 Å².